The van der Waals surface area contributed by atoms with E-state index >= 15 is 0 Å². The van der Waals surface area contributed by atoms with E-state index in [-0.39, 0.29) is 17.2 Å². The van der Waals surface area contributed by atoms with Crippen molar-refractivity contribution < 1.29 is 9.59 Å². The second-order valence-corrected chi connectivity index (χ2v) is 9.40. The molecule has 2 amide bonds. The Morgan fingerprint density at radius 1 is 0.875 bits per heavy atom. The van der Waals surface area contributed by atoms with Gasteiger partial charge in [0, 0.05) is 29.9 Å². The number of carbonyl (C=O) groups excluding carboxylic acids is 2. The van der Waals surface area contributed by atoms with Crippen molar-refractivity contribution in [2.45, 2.75) is 45.6 Å². The summed E-state index contributed by atoms with van der Waals surface area (Å²) in [6, 6.07) is 23.4. The number of nitrogens with one attached hydrogen (secondary N) is 1. The van der Waals surface area contributed by atoms with Crippen molar-refractivity contribution in [3.63, 3.8) is 0 Å². The molecule has 0 unspecified atom stereocenters. The van der Waals surface area contributed by atoms with Gasteiger partial charge in [-0.25, -0.2) is 0 Å². The molecule has 3 aromatic carbocycles. The van der Waals surface area contributed by atoms with Gasteiger partial charge in [-0.05, 0) is 65.3 Å². The maximum atomic E-state index is 13.1. The van der Waals surface area contributed by atoms with Crippen molar-refractivity contribution in [2.24, 2.45) is 0 Å². The standard InChI is InChI=1S/C28H30N2O2/c1-28(2,3)24-16-14-22(15-17-24)26(31)29-19-20-10-12-23(13-11-20)27(32)30-18-6-8-21-7-4-5-9-25(21)30/h4-5,7,9-17H,6,8,18-19H2,1-3H3,(H,29,31). The van der Waals surface area contributed by atoms with Crippen LogP contribution in [0.25, 0.3) is 0 Å². The first-order chi connectivity index (χ1) is 15.3. The Morgan fingerprint density at radius 2 is 1.53 bits per heavy atom. The van der Waals surface area contributed by atoms with Gasteiger partial charge in [-0.3, -0.25) is 9.59 Å². The molecule has 0 spiro atoms. The van der Waals surface area contributed by atoms with Crippen LogP contribution in [0.5, 0.6) is 0 Å². The Bertz CT molecular complexity index is 1110. The summed E-state index contributed by atoms with van der Waals surface area (Å²) in [4.78, 5) is 27.5. The lowest BCUT2D eigenvalue weighted by Crippen LogP contribution is -2.35. The molecule has 0 saturated heterocycles. The van der Waals surface area contributed by atoms with Crippen LogP contribution in [0.1, 0.15) is 64.6 Å². The molecule has 0 bridgehead atoms. The Labute approximate surface area is 190 Å². The lowest BCUT2D eigenvalue weighted by molar-refractivity contribution is 0.0948. The maximum Gasteiger partial charge on any atom is 0.258 e. The first kappa shape index (κ1) is 21.8. The highest BCUT2D eigenvalue weighted by Gasteiger charge is 2.23. The molecule has 0 saturated carbocycles. The summed E-state index contributed by atoms with van der Waals surface area (Å²) < 4.78 is 0. The molecule has 32 heavy (non-hydrogen) atoms. The predicted octanol–water partition coefficient (Wildman–Crippen LogP) is 5.51. The number of aryl methyl sites for hydroxylation is 1. The third-order valence-corrected chi connectivity index (χ3v) is 6.02. The quantitative estimate of drug-likeness (QED) is 0.598. The Morgan fingerprint density at radius 3 is 2.22 bits per heavy atom. The molecule has 4 nitrogen and oxygen atoms in total. The van der Waals surface area contributed by atoms with Crippen LogP contribution in [0.4, 0.5) is 5.69 Å². The summed E-state index contributed by atoms with van der Waals surface area (Å²) in [6.45, 7) is 7.62. The average molecular weight is 427 g/mol. The van der Waals surface area contributed by atoms with Gasteiger partial charge in [-0.2, -0.15) is 0 Å². The van der Waals surface area contributed by atoms with Crippen molar-refractivity contribution in [1.29, 1.82) is 0 Å². The number of hydrogen-bond acceptors (Lipinski definition) is 2. The summed E-state index contributed by atoms with van der Waals surface area (Å²) in [6.07, 6.45) is 1.99. The normalized spacial score (nSPS) is 13.4. The number of fused-ring (bicyclic) bond motifs is 1. The fourth-order valence-electron chi connectivity index (χ4n) is 4.07. The third kappa shape index (κ3) is 4.75. The van der Waals surface area contributed by atoms with Crippen LogP contribution < -0.4 is 10.2 Å². The first-order valence-electron chi connectivity index (χ1n) is 11.2. The van der Waals surface area contributed by atoms with Gasteiger partial charge in [-0.15, -0.1) is 0 Å². The van der Waals surface area contributed by atoms with Crippen LogP contribution in [0.2, 0.25) is 0 Å². The highest BCUT2D eigenvalue weighted by Crippen LogP contribution is 2.28. The van der Waals surface area contributed by atoms with E-state index in [0.717, 1.165) is 30.6 Å². The van der Waals surface area contributed by atoms with E-state index < -0.39 is 0 Å². The minimum absolute atomic E-state index is 0.0201. The number of anilines is 1. The number of benzene rings is 3. The van der Waals surface area contributed by atoms with Crippen LogP contribution in [0.15, 0.2) is 72.8 Å². The van der Waals surface area contributed by atoms with Gasteiger partial charge in [0.2, 0.25) is 0 Å². The van der Waals surface area contributed by atoms with Gasteiger partial charge in [-0.1, -0.05) is 63.2 Å². The third-order valence-electron chi connectivity index (χ3n) is 6.02. The largest absolute Gasteiger partial charge is 0.348 e. The number of hydrogen-bond donors (Lipinski definition) is 1. The van der Waals surface area contributed by atoms with E-state index in [1.165, 1.54) is 11.1 Å². The Balaban J connectivity index is 1.38. The molecule has 164 valence electrons. The zero-order valence-electron chi connectivity index (χ0n) is 19.0. The summed E-state index contributed by atoms with van der Waals surface area (Å²) in [7, 11) is 0. The average Bonchev–Trinajstić information content (AvgIpc) is 2.81. The summed E-state index contributed by atoms with van der Waals surface area (Å²) in [5.41, 5.74) is 5.76. The summed E-state index contributed by atoms with van der Waals surface area (Å²) in [5.74, 6) is -0.0813. The molecule has 0 radical (unpaired) electrons. The minimum Gasteiger partial charge on any atom is -0.348 e. The van der Waals surface area contributed by atoms with Crippen LogP contribution in [0, 0.1) is 0 Å². The van der Waals surface area contributed by atoms with Crippen molar-refractivity contribution in [2.75, 3.05) is 11.4 Å². The molecule has 1 aliphatic rings. The van der Waals surface area contributed by atoms with Crippen molar-refractivity contribution in [3.05, 3.63) is 101 Å². The molecule has 0 aromatic heterocycles. The van der Waals surface area contributed by atoms with E-state index in [2.05, 4.69) is 32.2 Å². The molecular weight excluding hydrogens is 396 g/mol. The molecule has 3 aromatic rings. The lowest BCUT2D eigenvalue weighted by atomic mass is 9.87. The Kier molecular flexibility index (Phi) is 6.13. The van der Waals surface area contributed by atoms with Gasteiger partial charge in [0.05, 0.1) is 0 Å². The topological polar surface area (TPSA) is 49.4 Å². The Hall–Kier alpha value is -3.40. The molecule has 0 aliphatic carbocycles. The maximum absolute atomic E-state index is 13.1. The van der Waals surface area contributed by atoms with E-state index in [9.17, 15) is 9.59 Å². The molecule has 4 heteroatoms. The van der Waals surface area contributed by atoms with Crippen molar-refractivity contribution >= 4 is 17.5 Å². The fraction of sp³-hybridized carbons (Fsp3) is 0.286. The van der Waals surface area contributed by atoms with E-state index in [1.807, 2.05) is 71.6 Å². The van der Waals surface area contributed by atoms with E-state index in [1.54, 1.807) is 0 Å². The molecule has 1 aliphatic heterocycles. The SMILES string of the molecule is CC(C)(C)c1ccc(C(=O)NCc2ccc(C(=O)N3CCCc4ccccc43)cc2)cc1. The van der Waals surface area contributed by atoms with Crippen LogP contribution in [0.3, 0.4) is 0 Å². The predicted molar refractivity (Wildman–Crippen MR) is 129 cm³/mol. The lowest BCUT2D eigenvalue weighted by Gasteiger charge is -2.29. The first-order valence-corrected chi connectivity index (χ1v) is 11.2. The van der Waals surface area contributed by atoms with Crippen molar-refractivity contribution in [1.82, 2.24) is 5.32 Å². The van der Waals surface area contributed by atoms with Crippen LogP contribution in [-0.4, -0.2) is 18.4 Å². The number of carbonyl (C=O) groups is 2. The summed E-state index contributed by atoms with van der Waals surface area (Å²) in [5, 5.41) is 2.96. The fourth-order valence-corrected chi connectivity index (χ4v) is 4.07. The monoisotopic (exact) mass is 426 g/mol. The molecular formula is C28H30N2O2. The zero-order valence-corrected chi connectivity index (χ0v) is 19.0. The summed E-state index contributed by atoms with van der Waals surface area (Å²) >= 11 is 0. The van der Waals surface area contributed by atoms with E-state index in [4.69, 9.17) is 0 Å². The zero-order chi connectivity index (χ0) is 22.7. The smallest absolute Gasteiger partial charge is 0.258 e. The van der Waals surface area contributed by atoms with Gasteiger partial charge in [0.1, 0.15) is 0 Å². The molecule has 1 heterocycles. The second kappa shape index (κ2) is 8.99. The highest BCUT2D eigenvalue weighted by molar-refractivity contribution is 6.06. The molecule has 4 rings (SSSR count). The number of rotatable bonds is 4. The number of para-hydroxylation sites is 1. The van der Waals surface area contributed by atoms with Crippen molar-refractivity contribution in [3.8, 4) is 0 Å². The second-order valence-electron chi connectivity index (χ2n) is 9.40. The van der Waals surface area contributed by atoms with Crippen LogP contribution in [-0.2, 0) is 18.4 Å². The number of nitrogens with zero attached hydrogens (tertiary/aromatic N) is 1. The minimum atomic E-state index is -0.101. The molecule has 1 N–H and O–H groups in total. The highest BCUT2D eigenvalue weighted by atomic mass is 16.2. The molecule has 0 atom stereocenters. The molecule has 0 fully saturated rings. The van der Waals surface area contributed by atoms with E-state index in [0.29, 0.717) is 17.7 Å². The van der Waals surface area contributed by atoms with Gasteiger partial charge >= 0.3 is 0 Å². The van der Waals surface area contributed by atoms with Gasteiger partial charge in [0.25, 0.3) is 11.8 Å². The van der Waals surface area contributed by atoms with Crippen LogP contribution >= 0.6 is 0 Å². The van der Waals surface area contributed by atoms with Gasteiger partial charge < -0.3 is 10.2 Å². The van der Waals surface area contributed by atoms with Gasteiger partial charge in [0.15, 0.2) is 0 Å². The number of amides is 2.